The van der Waals surface area contributed by atoms with Gasteiger partial charge in [-0.1, -0.05) is 0 Å². The molecule has 0 aliphatic heterocycles. The van der Waals surface area contributed by atoms with Crippen LogP contribution in [-0.2, 0) is 4.79 Å². The molecule has 0 radical (unpaired) electrons. The zero-order valence-electron chi connectivity index (χ0n) is 8.92. The van der Waals surface area contributed by atoms with E-state index in [4.69, 9.17) is 10.8 Å². The molecule has 0 fully saturated rings. The number of rotatable bonds is 6. The Kier molecular flexibility index (Phi) is 5.21. The van der Waals surface area contributed by atoms with Crippen LogP contribution in [0.2, 0.25) is 0 Å². The van der Waals surface area contributed by atoms with Crippen molar-refractivity contribution in [1.29, 1.82) is 0 Å². The standard InChI is InChI=1S/C9H12N4O3S/c10-8-7(11-1-2-12-8)9(16)13-3-4-17-5-6(14)15/h1-2H,3-5H2,(H2,10,12)(H,13,16)(H,14,15). The minimum Gasteiger partial charge on any atom is -0.481 e. The molecule has 1 heterocycles. The lowest BCUT2D eigenvalue weighted by molar-refractivity contribution is -0.133. The summed E-state index contributed by atoms with van der Waals surface area (Å²) in [5.74, 6) is -0.685. The fourth-order valence-corrected chi connectivity index (χ4v) is 1.57. The third-order valence-electron chi connectivity index (χ3n) is 1.70. The van der Waals surface area contributed by atoms with Crippen LogP contribution in [0.5, 0.6) is 0 Å². The van der Waals surface area contributed by atoms with Gasteiger partial charge in [-0.25, -0.2) is 9.97 Å². The summed E-state index contributed by atoms with van der Waals surface area (Å²) >= 11 is 1.22. The molecule has 0 saturated carbocycles. The summed E-state index contributed by atoms with van der Waals surface area (Å²) in [5.41, 5.74) is 5.55. The maximum absolute atomic E-state index is 11.5. The van der Waals surface area contributed by atoms with Crippen molar-refractivity contribution in [3.63, 3.8) is 0 Å². The summed E-state index contributed by atoms with van der Waals surface area (Å²) in [5, 5.41) is 11.0. The van der Waals surface area contributed by atoms with Gasteiger partial charge >= 0.3 is 5.97 Å². The Bertz CT molecular complexity index is 413. The molecule has 4 N–H and O–H groups in total. The molecule has 0 spiro atoms. The third kappa shape index (κ3) is 4.68. The minimum absolute atomic E-state index is 0.0170. The number of nitrogens with zero attached hydrogens (tertiary/aromatic N) is 2. The summed E-state index contributed by atoms with van der Waals surface area (Å²) in [6, 6.07) is 0. The van der Waals surface area contributed by atoms with Gasteiger partial charge in [-0.05, 0) is 0 Å². The van der Waals surface area contributed by atoms with Crippen molar-refractivity contribution in [3.05, 3.63) is 18.1 Å². The van der Waals surface area contributed by atoms with Crippen LogP contribution >= 0.6 is 11.8 Å². The molecule has 1 rings (SSSR count). The van der Waals surface area contributed by atoms with Gasteiger partial charge in [-0.2, -0.15) is 0 Å². The number of aromatic nitrogens is 2. The van der Waals surface area contributed by atoms with Crippen LogP contribution in [0, 0.1) is 0 Å². The van der Waals surface area contributed by atoms with E-state index >= 15 is 0 Å². The first kappa shape index (κ1) is 13.2. The van der Waals surface area contributed by atoms with Crippen molar-refractivity contribution in [2.75, 3.05) is 23.8 Å². The predicted octanol–water partition coefficient (Wildman–Crippen LogP) is -0.394. The van der Waals surface area contributed by atoms with Crippen molar-refractivity contribution in [3.8, 4) is 0 Å². The number of carbonyl (C=O) groups is 2. The van der Waals surface area contributed by atoms with Gasteiger partial charge in [-0.15, -0.1) is 11.8 Å². The van der Waals surface area contributed by atoms with Gasteiger partial charge in [0.25, 0.3) is 5.91 Å². The number of nitrogens with two attached hydrogens (primary N) is 1. The first-order valence-corrected chi connectivity index (χ1v) is 5.91. The summed E-state index contributed by atoms with van der Waals surface area (Å²) in [7, 11) is 0. The number of hydrogen-bond donors (Lipinski definition) is 3. The second-order valence-electron chi connectivity index (χ2n) is 2.99. The predicted molar refractivity (Wildman–Crippen MR) is 63.7 cm³/mol. The molecule has 0 aromatic carbocycles. The Balaban J connectivity index is 2.31. The van der Waals surface area contributed by atoms with Crippen molar-refractivity contribution in [1.82, 2.24) is 15.3 Å². The van der Waals surface area contributed by atoms with Crippen molar-refractivity contribution >= 4 is 29.5 Å². The van der Waals surface area contributed by atoms with Crippen LogP contribution in [0.1, 0.15) is 10.5 Å². The van der Waals surface area contributed by atoms with Gasteiger partial charge in [0.2, 0.25) is 0 Å². The Hall–Kier alpha value is -1.83. The summed E-state index contributed by atoms with van der Waals surface area (Å²) in [4.78, 5) is 29.3. The molecule has 0 atom stereocenters. The fourth-order valence-electron chi connectivity index (χ4n) is 1.00. The second kappa shape index (κ2) is 6.69. The molecule has 0 saturated heterocycles. The zero-order chi connectivity index (χ0) is 12.7. The van der Waals surface area contributed by atoms with Crippen molar-refractivity contribution < 1.29 is 14.7 Å². The minimum atomic E-state index is -0.875. The average Bonchev–Trinajstić information content (AvgIpc) is 2.28. The molecule has 0 aliphatic carbocycles. The summed E-state index contributed by atoms with van der Waals surface area (Å²) < 4.78 is 0. The lowest BCUT2D eigenvalue weighted by atomic mass is 10.4. The first-order chi connectivity index (χ1) is 8.11. The molecule has 17 heavy (non-hydrogen) atoms. The topological polar surface area (TPSA) is 118 Å². The molecule has 1 amide bonds. The van der Waals surface area contributed by atoms with Gasteiger partial charge in [0.1, 0.15) is 0 Å². The Morgan fingerprint density at radius 2 is 2.12 bits per heavy atom. The van der Waals surface area contributed by atoms with E-state index in [0.717, 1.165) is 0 Å². The summed E-state index contributed by atoms with van der Waals surface area (Å²) in [6.07, 6.45) is 2.78. The highest BCUT2D eigenvalue weighted by molar-refractivity contribution is 7.99. The average molecular weight is 256 g/mol. The Morgan fingerprint density at radius 3 is 2.76 bits per heavy atom. The molecule has 0 bridgehead atoms. The van der Waals surface area contributed by atoms with E-state index in [1.165, 1.54) is 24.2 Å². The normalized spacial score (nSPS) is 9.88. The molecule has 0 aliphatic rings. The van der Waals surface area contributed by atoms with E-state index < -0.39 is 11.9 Å². The smallest absolute Gasteiger partial charge is 0.313 e. The van der Waals surface area contributed by atoms with Gasteiger partial charge < -0.3 is 16.2 Å². The quantitative estimate of drug-likeness (QED) is 0.593. The molecule has 7 nitrogen and oxygen atoms in total. The van der Waals surface area contributed by atoms with Gasteiger partial charge in [-0.3, -0.25) is 9.59 Å². The summed E-state index contributed by atoms with van der Waals surface area (Å²) in [6.45, 7) is 0.354. The highest BCUT2D eigenvalue weighted by Gasteiger charge is 2.10. The molecule has 8 heteroatoms. The molecule has 1 aromatic heterocycles. The Morgan fingerprint density at radius 1 is 1.41 bits per heavy atom. The number of aliphatic carboxylic acids is 1. The third-order valence-corrected chi connectivity index (χ3v) is 2.64. The molecule has 1 aromatic rings. The van der Waals surface area contributed by atoms with Crippen LogP contribution < -0.4 is 11.1 Å². The lowest BCUT2D eigenvalue weighted by Gasteiger charge is -2.04. The van der Waals surface area contributed by atoms with E-state index in [0.29, 0.717) is 12.3 Å². The SMILES string of the molecule is Nc1nccnc1C(=O)NCCSCC(=O)O. The highest BCUT2D eigenvalue weighted by Crippen LogP contribution is 2.02. The van der Waals surface area contributed by atoms with Crippen LogP contribution in [0.3, 0.4) is 0 Å². The van der Waals surface area contributed by atoms with Crippen LogP contribution in [0.15, 0.2) is 12.4 Å². The van der Waals surface area contributed by atoms with Crippen LogP contribution in [0.25, 0.3) is 0 Å². The van der Waals surface area contributed by atoms with Gasteiger partial charge in [0.05, 0.1) is 5.75 Å². The maximum Gasteiger partial charge on any atom is 0.313 e. The number of carboxylic acids is 1. The van der Waals surface area contributed by atoms with Crippen molar-refractivity contribution in [2.24, 2.45) is 0 Å². The Labute approximate surface area is 102 Å². The number of nitrogen functional groups attached to an aromatic ring is 1. The number of thioether (sulfide) groups is 1. The number of anilines is 1. The molecular formula is C9H12N4O3S. The van der Waals surface area contributed by atoms with E-state index in [2.05, 4.69) is 15.3 Å². The first-order valence-electron chi connectivity index (χ1n) is 4.75. The van der Waals surface area contributed by atoms with E-state index in [-0.39, 0.29) is 17.3 Å². The molecule has 92 valence electrons. The highest BCUT2D eigenvalue weighted by atomic mass is 32.2. The number of carbonyl (C=O) groups excluding carboxylic acids is 1. The number of hydrogen-bond acceptors (Lipinski definition) is 6. The zero-order valence-corrected chi connectivity index (χ0v) is 9.74. The number of amides is 1. The van der Waals surface area contributed by atoms with Crippen LogP contribution in [0.4, 0.5) is 5.82 Å². The second-order valence-corrected chi connectivity index (χ2v) is 4.10. The number of carboxylic acid groups (broad SMARTS) is 1. The van der Waals surface area contributed by atoms with Gasteiger partial charge in [0, 0.05) is 24.7 Å². The van der Waals surface area contributed by atoms with Crippen LogP contribution in [-0.4, -0.2) is 45.0 Å². The van der Waals surface area contributed by atoms with Gasteiger partial charge in [0.15, 0.2) is 11.5 Å². The maximum atomic E-state index is 11.5. The monoisotopic (exact) mass is 256 g/mol. The number of nitrogens with one attached hydrogen (secondary N) is 1. The van der Waals surface area contributed by atoms with Crippen molar-refractivity contribution in [2.45, 2.75) is 0 Å². The molecular weight excluding hydrogens is 244 g/mol. The largest absolute Gasteiger partial charge is 0.481 e. The van der Waals surface area contributed by atoms with E-state index in [1.54, 1.807) is 0 Å². The van der Waals surface area contributed by atoms with E-state index in [9.17, 15) is 9.59 Å². The lowest BCUT2D eigenvalue weighted by Crippen LogP contribution is -2.28. The van der Waals surface area contributed by atoms with E-state index in [1.807, 2.05) is 0 Å². The molecule has 0 unspecified atom stereocenters. The fraction of sp³-hybridized carbons (Fsp3) is 0.333.